The van der Waals surface area contributed by atoms with Crippen molar-refractivity contribution in [1.82, 2.24) is 5.48 Å². The maximum absolute atomic E-state index is 14.4. The van der Waals surface area contributed by atoms with Gasteiger partial charge >= 0.3 is 0 Å². The van der Waals surface area contributed by atoms with E-state index in [4.69, 9.17) is 4.84 Å². The van der Waals surface area contributed by atoms with Crippen LogP contribution in [0.1, 0.15) is 36.2 Å². The molecule has 0 aliphatic rings. The van der Waals surface area contributed by atoms with Crippen molar-refractivity contribution in [2.45, 2.75) is 32.8 Å². The topological polar surface area (TPSA) is 70.6 Å². The van der Waals surface area contributed by atoms with Gasteiger partial charge in [0.05, 0.1) is 23.5 Å². The first-order valence-electron chi connectivity index (χ1n) is 8.35. The number of hydrogen-bond donors (Lipinski definition) is 3. The minimum absolute atomic E-state index is 0.0274. The van der Waals surface area contributed by atoms with Crippen LogP contribution in [-0.4, -0.2) is 23.2 Å². The quantitative estimate of drug-likeness (QED) is 0.222. The Morgan fingerprint density at radius 2 is 1.89 bits per heavy atom. The van der Waals surface area contributed by atoms with E-state index >= 15 is 0 Å². The van der Waals surface area contributed by atoms with Gasteiger partial charge in [0.1, 0.15) is 0 Å². The molecule has 2 aromatic carbocycles. The van der Waals surface area contributed by atoms with Crippen LogP contribution in [0, 0.1) is 27.9 Å². The number of benzene rings is 2. The summed E-state index contributed by atoms with van der Waals surface area (Å²) < 4.78 is 42.8. The smallest absolute Gasteiger partial charge is 0.277 e. The summed E-state index contributed by atoms with van der Waals surface area (Å²) in [5.41, 5.74) is 1.23. The van der Waals surface area contributed by atoms with E-state index in [-0.39, 0.29) is 13.0 Å². The Balaban J connectivity index is 2.29. The van der Waals surface area contributed by atoms with Gasteiger partial charge in [-0.1, -0.05) is 0 Å². The summed E-state index contributed by atoms with van der Waals surface area (Å²) in [5, 5.41) is 12.3. The molecule has 0 aliphatic heterocycles. The number of rotatable bonds is 7. The fourth-order valence-electron chi connectivity index (χ4n) is 2.27. The fraction of sp³-hybridized carbons (Fsp3) is 0.316. The number of halogens is 4. The van der Waals surface area contributed by atoms with Crippen LogP contribution in [0.3, 0.4) is 0 Å². The number of carbonyl (C=O) groups is 1. The fourth-order valence-corrected chi connectivity index (χ4v) is 2.92. The van der Waals surface area contributed by atoms with Crippen LogP contribution in [0.15, 0.2) is 24.3 Å². The van der Waals surface area contributed by atoms with Crippen molar-refractivity contribution in [2.75, 3.05) is 11.9 Å². The monoisotopic (exact) mass is 508 g/mol. The predicted octanol–water partition coefficient (Wildman–Crippen LogP) is 4.58. The SMILES string of the molecule is Cc1cc(I)ccc1Nc1c(C(=O)NOCCC(C)(C)O)cc(F)c(F)c1F. The van der Waals surface area contributed by atoms with Gasteiger partial charge in [-0.3, -0.25) is 9.63 Å². The van der Waals surface area contributed by atoms with Crippen molar-refractivity contribution in [3.8, 4) is 0 Å². The highest BCUT2D eigenvalue weighted by atomic mass is 127. The third-order valence-corrected chi connectivity index (χ3v) is 4.51. The van der Waals surface area contributed by atoms with E-state index in [1.807, 2.05) is 5.48 Å². The molecule has 9 heteroatoms. The van der Waals surface area contributed by atoms with Crippen molar-refractivity contribution in [3.63, 3.8) is 0 Å². The highest BCUT2D eigenvalue weighted by Gasteiger charge is 2.24. The molecule has 2 rings (SSSR count). The second kappa shape index (κ2) is 9.10. The zero-order chi connectivity index (χ0) is 21.1. The van der Waals surface area contributed by atoms with E-state index in [0.29, 0.717) is 11.8 Å². The van der Waals surface area contributed by atoms with Crippen LogP contribution >= 0.6 is 22.6 Å². The molecule has 0 aliphatic carbocycles. The molecule has 5 nitrogen and oxygen atoms in total. The Morgan fingerprint density at radius 1 is 1.21 bits per heavy atom. The Morgan fingerprint density at radius 3 is 2.50 bits per heavy atom. The number of carbonyl (C=O) groups excluding carboxylic acids is 1. The summed E-state index contributed by atoms with van der Waals surface area (Å²) in [6.45, 7) is 4.85. The molecule has 2 aromatic rings. The van der Waals surface area contributed by atoms with Crippen LogP contribution in [0.5, 0.6) is 0 Å². The van der Waals surface area contributed by atoms with E-state index < -0.39 is 40.2 Å². The minimum Gasteiger partial charge on any atom is -0.390 e. The number of aliphatic hydroxyl groups is 1. The summed E-state index contributed by atoms with van der Waals surface area (Å²) >= 11 is 2.10. The van der Waals surface area contributed by atoms with Crippen LogP contribution < -0.4 is 10.8 Å². The summed E-state index contributed by atoms with van der Waals surface area (Å²) in [5.74, 6) is -5.66. The van der Waals surface area contributed by atoms with Gasteiger partial charge in [-0.25, -0.2) is 18.7 Å². The minimum atomic E-state index is -1.69. The van der Waals surface area contributed by atoms with Gasteiger partial charge in [-0.15, -0.1) is 0 Å². The molecule has 0 radical (unpaired) electrons. The Hall–Kier alpha value is -1.85. The molecule has 0 saturated carbocycles. The maximum Gasteiger partial charge on any atom is 0.277 e. The average molecular weight is 508 g/mol. The lowest BCUT2D eigenvalue weighted by Crippen LogP contribution is -2.29. The van der Waals surface area contributed by atoms with Crippen molar-refractivity contribution in [1.29, 1.82) is 0 Å². The number of hydrogen-bond acceptors (Lipinski definition) is 4. The second-order valence-electron chi connectivity index (χ2n) is 6.84. The van der Waals surface area contributed by atoms with Gasteiger partial charge in [0, 0.05) is 15.7 Å². The molecule has 3 N–H and O–H groups in total. The number of anilines is 2. The highest BCUT2D eigenvalue weighted by Crippen LogP contribution is 2.30. The van der Waals surface area contributed by atoms with E-state index in [1.165, 1.54) is 0 Å². The summed E-state index contributed by atoms with van der Waals surface area (Å²) in [6, 6.07) is 5.78. The molecule has 0 bridgehead atoms. The van der Waals surface area contributed by atoms with Gasteiger partial charge in [0.25, 0.3) is 5.91 Å². The first-order valence-corrected chi connectivity index (χ1v) is 9.42. The number of amides is 1. The lowest BCUT2D eigenvalue weighted by molar-refractivity contribution is -0.00571. The lowest BCUT2D eigenvalue weighted by Gasteiger charge is -2.18. The van der Waals surface area contributed by atoms with Gasteiger partial charge in [-0.2, -0.15) is 0 Å². The van der Waals surface area contributed by atoms with E-state index in [2.05, 4.69) is 27.9 Å². The largest absolute Gasteiger partial charge is 0.390 e. The second-order valence-corrected chi connectivity index (χ2v) is 8.08. The van der Waals surface area contributed by atoms with Crippen molar-refractivity contribution < 1.29 is 27.9 Å². The van der Waals surface area contributed by atoms with Crippen LogP contribution in [0.25, 0.3) is 0 Å². The number of nitrogens with one attached hydrogen (secondary N) is 2. The summed E-state index contributed by atoms with van der Waals surface area (Å²) in [7, 11) is 0. The molecule has 0 spiro atoms. The maximum atomic E-state index is 14.4. The highest BCUT2D eigenvalue weighted by molar-refractivity contribution is 14.1. The zero-order valence-electron chi connectivity index (χ0n) is 15.5. The van der Waals surface area contributed by atoms with E-state index in [9.17, 15) is 23.1 Å². The molecule has 0 heterocycles. The van der Waals surface area contributed by atoms with Crippen LogP contribution in [-0.2, 0) is 4.84 Å². The van der Waals surface area contributed by atoms with Crippen LogP contribution in [0.2, 0.25) is 0 Å². The summed E-state index contributed by atoms with van der Waals surface area (Å²) in [4.78, 5) is 17.3. The molecule has 28 heavy (non-hydrogen) atoms. The number of hydroxylamine groups is 1. The Bertz CT molecular complexity index is 886. The Labute approximate surface area is 174 Å². The molecule has 0 atom stereocenters. The Kier molecular flexibility index (Phi) is 7.29. The molecule has 0 unspecified atom stereocenters. The van der Waals surface area contributed by atoms with Crippen molar-refractivity contribution in [3.05, 3.63) is 56.4 Å². The molecule has 1 amide bonds. The molecule has 0 saturated heterocycles. The predicted molar refractivity (Wildman–Crippen MR) is 108 cm³/mol. The third-order valence-electron chi connectivity index (χ3n) is 3.84. The van der Waals surface area contributed by atoms with Crippen molar-refractivity contribution >= 4 is 39.9 Å². The molecular weight excluding hydrogens is 488 g/mol. The third kappa shape index (κ3) is 5.82. The van der Waals surface area contributed by atoms with Gasteiger partial charge < -0.3 is 10.4 Å². The normalized spacial score (nSPS) is 11.4. The van der Waals surface area contributed by atoms with E-state index in [1.54, 1.807) is 39.0 Å². The first-order chi connectivity index (χ1) is 13.0. The standard InChI is InChI=1S/C19H20F3IN2O3/c1-10-8-11(23)4-5-14(10)24-17-12(9-13(20)15(21)16(17)22)18(26)25-28-7-6-19(2,3)27/h4-5,8-9,24,27H,6-7H2,1-3H3,(H,25,26). The molecule has 0 fully saturated rings. The summed E-state index contributed by atoms with van der Waals surface area (Å²) in [6.07, 6.45) is 0.215. The van der Waals surface area contributed by atoms with Gasteiger partial charge in [0.15, 0.2) is 17.5 Å². The van der Waals surface area contributed by atoms with Crippen LogP contribution in [0.4, 0.5) is 24.5 Å². The van der Waals surface area contributed by atoms with E-state index in [0.717, 1.165) is 9.13 Å². The molecule has 0 aromatic heterocycles. The van der Waals surface area contributed by atoms with Gasteiger partial charge in [0.2, 0.25) is 0 Å². The molecule has 152 valence electrons. The first kappa shape index (κ1) is 22.4. The molecular formula is C19H20F3IN2O3. The zero-order valence-corrected chi connectivity index (χ0v) is 17.7. The van der Waals surface area contributed by atoms with Crippen molar-refractivity contribution in [2.24, 2.45) is 0 Å². The number of aryl methyl sites for hydroxylation is 1. The average Bonchev–Trinajstić information content (AvgIpc) is 2.59. The van der Waals surface area contributed by atoms with Gasteiger partial charge in [-0.05, 0) is 73.2 Å². The lowest BCUT2D eigenvalue weighted by atomic mass is 10.1.